The molecule has 1 heterocycles. The number of halogens is 2. The van der Waals surface area contributed by atoms with E-state index in [9.17, 15) is 4.79 Å². The largest absolute Gasteiger partial charge is 0.322 e. The highest BCUT2D eigenvalue weighted by Gasteiger charge is 2.27. The first kappa shape index (κ1) is 14.4. The van der Waals surface area contributed by atoms with Crippen LogP contribution in [0.1, 0.15) is 20.8 Å². The fraction of sp³-hybridized carbons (Fsp3) is 0.455. The Balaban J connectivity index is 2.85. The zero-order valence-corrected chi connectivity index (χ0v) is 12.3. The molecule has 1 aromatic heterocycles. The first-order chi connectivity index (χ1) is 7.71. The number of nitrogens with zero attached hydrogens (tertiary/aromatic N) is 1. The van der Waals surface area contributed by atoms with Gasteiger partial charge in [-0.25, -0.2) is 4.98 Å². The maximum absolute atomic E-state index is 11.9. The monoisotopic (exact) mass is 319 g/mol. The highest BCUT2D eigenvalue weighted by atomic mass is 79.9. The topological polar surface area (TPSA) is 68.0 Å². The number of nitrogens with one attached hydrogen (secondary N) is 1. The first-order valence-corrected chi connectivity index (χ1v) is 6.26. The molecule has 0 spiro atoms. The Morgan fingerprint density at radius 2 is 2.18 bits per heavy atom. The maximum Gasteiger partial charge on any atom is 0.241 e. The quantitative estimate of drug-likeness (QED) is 0.823. The van der Waals surface area contributed by atoms with Crippen LogP contribution in [0.3, 0.4) is 0 Å². The summed E-state index contributed by atoms with van der Waals surface area (Å²) in [5.74, 6) is -0.278. The Morgan fingerprint density at radius 3 is 2.71 bits per heavy atom. The molecule has 1 rings (SSSR count). The molecule has 1 amide bonds. The Labute approximate surface area is 114 Å². The summed E-state index contributed by atoms with van der Waals surface area (Å²) >= 11 is 9.13. The van der Waals surface area contributed by atoms with Crippen LogP contribution in [0.2, 0.25) is 5.15 Å². The van der Waals surface area contributed by atoms with Crippen LogP contribution in [-0.2, 0) is 4.79 Å². The van der Waals surface area contributed by atoms with E-state index in [-0.39, 0.29) is 16.5 Å². The molecule has 94 valence electrons. The van der Waals surface area contributed by atoms with Crippen molar-refractivity contribution in [2.75, 3.05) is 5.32 Å². The summed E-state index contributed by atoms with van der Waals surface area (Å²) in [6.07, 6.45) is 1.56. The molecule has 0 saturated heterocycles. The summed E-state index contributed by atoms with van der Waals surface area (Å²) < 4.78 is 0.738. The molecule has 0 aliphatic rings. The lowest BCUT2D eigenvalue weighted by molar-refractivity contribution is -0.119. The van der Waals surface area contributed by atoms with Crippen molar-refractivity contribution in [2.45, 2.75) is 26.8 Å². The normalized spacial score (nSPS) is 13.3. The van der Waals surface area contributed by atoms with Gasteiger partial charge in [0.25, 0.3) is 0 Å². The SMILES string of the molecule is CC(C)(C)C(N)C(=O)Nc1cc(Br)cnc1Cl. The van der Waals surface area contributed by atoms with Crippen molar-refractivity contribution in [1.29, 1.82) is 0 Å². The van der Waals surface area contributed by atoms with E-state index in [1.165, 1.54) is 0 Å². The molecule has 0 bridgehead atoms. The zero-order valence-electron chi connectivity index (χ0n) is 9.92. The van der Waals surface area contributed by atoms with Gasteiger partial charge in [-0.15, -0.1) is 0 Å². The number of hydrogen-bond acceptors (Lipinski definition) is 3. The molecule has 0 aliphatic heterocycles. The van der Waals surface area contributed by atoms with Crippen molar-refractivity contribution < 1.29 is 4.79 Å². The third-order valence-electron chi connectivity index (χ3n) is 2.28. The minimum Gasteiger partial charge on any atom is -0.322 e. The lowest BCUT2D eigenvalue weighted by atomic mass is 9.87. The van der Waals surface area contributed by atoms with Crippen LogP contribution in [-0.4, -0.2) is 16.9 Å². The van der Waals surface area contributed by atoms with Crippen LogP contribution in [0, 0.1) is 5.41 Å². The van der Waals surface area contributed by atoms with Gasteiger partial charge in [-0.2, -0.15) is 0 Å². The van der Waals surface area contributed by atoms with Crippen LogP contribution in [0.25, 0.3) is 0 Å². The van der Waals surface area contributed by atoms with Crippen LogP contribution in [0.15, 0.2) is 16.7 Å². The number of rotatable bonds is 2. The van der Waals surface area contributed by atoms with E-state index in [4.69, 9.17) is 17.3 Å². The summed E-state index contributed by atoms with van der Waals surface area (Å²) in [5, 5.41) is 2.91. The molecule has 0 fully saturated rings. The molecule has 1 atom stereocenters. The van der Waals surface area contributed by atoms with Gasteiger partial charge in [0.2, 0.25) is 5.91 Å². The van der Waals surface area contributed by atoms with Gasteiger partial charge in [0.1, 0.15) is 0 Å². The number of hydrogen-bond donors (Lipinski definition) is 2. The number of nitrogens with two attached hydrogens (primary N) is 1. The maximum atomic E-state index is 11.9. The summed E-state index contributed by atoms with van der Waals surface area (Å²) in [5.41, 5.74) is 5.98. The summed E-state index contributed by atoms with van der Waals surface area (Å²) in [4.78, 5) is 15.8. The molecule has 0 saturated carbocycles. The Hall–Kier alpha value is -0.650. The van der Waals surface area contributed by atoms with Gasteiger partial charge in [0.05, 0.1) is 11.7 Å². The minimum absolute atomic E-state index is 0.239. The number of pyridine rings is 1. The van der Waals surface area contributed by atoms with Gasteiger partial charge in [-0.05, 0) is 27.4 Å². The van der Waals surface area contributed by atoms with E-state index >= 15 is 0 Å². The third-order valence-corrected chi connectivity index (χ3v) is 3.01. The summed E-state index contributed by atoms with van der Waals surface area (Å²) in [7, 11) is 0. The minimum atomic E-state index is -0.613. The van der Waals surface area contributed by atoms with Crippen molar-refractivity contribution in [1.82, 2.24) is 4.98 Å². The van der Waals surface area contributed by atoms with E-state index in [0.29, 0.717) is 5.69 Å². The third kappa shape index (κ3) is 3.94. The van der Waals surface area contributed by atoms with Crippen LogP contribution < -0.4 is 11.1 Å². The van der Waals surface area contributed by atoms with Gasteiger partial charge >= 0.3 is 0 Å². The highest BCUT2D eigenvalue weighted by molar-refractivity contribution is 9.10. The molecule has 1 unspecified atom stereocenters. The highest BCUT2D eigenvalue weighted by Crippen LogP contribution is 2.24. The molecule has 4 nitrogen and oxygen atoms in total. The van der Waals surface area contributed by atoms with Gasteiger partial charge in [-0.3, -0.25) is 4.79 Å². The average molecular weight is 321 g/mol. The lowest BCUT2D eigenvalue weighted by Gasteiger charge is -2.25. The van der Waals surface area contributed by atoms with E-state index in [2.05, 4.69) is 26.2 Å². The Kier molecular flexibility index (Phi) is 4.52. The van der Waals surface area contributed by atoms with Crippen LogP contribution >= 0.6 is 27.5 Å². The molecule has 0 aliphatic carbocycles. The van der Waals surface area contributed by atoms with Crippen LogP contribution in [0.5, 0.6) is 0 Å². The lowest BCUT2D eigenvalue weighted by Crippen LogP contribution is -2.45. The van der Waals surface area contributed by atoms with Crippen molar-refractivity contribution in [3.8, 4) is 0 Å². The molecule has 3 N–H and O–H groups in total. The molecular formula is C11H15BrClN3O. The molecule has 0 aromatic carbocycles. The second-order valence-corrected chi connectivity index (χ2v) is 6.10. The zero-order chi connectivity index (χ0) is 13.2. The van der Waals surface area contributed by atoms with Crippen molar-refractivity contribution in [3.63, 3.8) is 0 Å². The van der Waals surface area contributed by atoms with E-state index in [1.807, 2.05) is 20.8 Å². The van der Waals surface area contributed by atoms with Crippen molar-refractivity contribution >= 4 is 39.1 Å². The van der Waals surface area contributed by atoms with E-state index in [1.54, 1.807) is 12.3 Å². The molecule has 0 radical (unpaired) electrons. The van der Waals surface area contributed by atoms with Gasteiger partial charge in [0.15, 0.2) is 5.15 Å². The number of anilines is 1. The summed E-state index contributed by atoms with van der Waals surface area (Å²) in [6, 6.07) is 1.07. The number of aromatic nitrogens is 1. The molecule has 6 heteroatoms. The number of amides is 1. The van der Waals surface area contributed by atoms with E-state index < -0.39 is 6.04 Å². The van der Waals surface area contributed by atoms with Gasteiger partial charge < -0.3 is 11.1 Å². The predicted octanol–water partition coefficient (Wildman–Crippen LogP) is 2.81. The fourth-order valence-corrected chi connectivity index (χ4v) is 1.60. The van der Waals surface area contributed by atoms with Crippen molar-refractivity contribution in [3.05, 3.63) is 21.9 Å². The fourth-order valence-electron chi connectivity index (χ4n) is 1.11. The second-order valence-electron chi connectivity index (χ2n) is 4.82. The second kappa shape index (κ2) is 5.33. The molecular weight excluding hydrogens is 305 g/mol. The standard InChI is InChI=1S/C11H15BrClN3O/c1-11(2,3)8(14)10(17)16-7-4-6(12)5-15-9(7)13/h4-5,8H,14H2,1-3H3,(H,16,17). The Bertz CT molecular complexity index is 431. The summed E-state index contributed by atoms with van der Waals surface area (Å²) in [6.45, 7) is 5.70. The molecule has 17 heavy (non-hydrogen) atoms. The average Bonchev–Trinajstić information content (AvgIpc) is 2.21. The smallest absolute Gasteiger partial charge is 0.241 e. The molecule has 1 aromatic rings. The van der Waals surface area contributed by atoms with Crippen LogP contribution in [0.4, 0.5) is 5.69 Å². The number of carbonyl (C=O) groups excluding carboxylic acids is 1. The Morgan fingerprint density at radius 1 is 1.59 bits per heavy atom. The first-order valence-electron chi connectivity index (χ1n) is 5.09. The van der Waals surface area contributed by atoms with Gasteiger partial charge in [0, 0.05) is 10.7 Å². The predicted molar refractivity (Wildman–Crippen MR) is 73.0 cm³/mol. The van der Waals surface area contributed by atoms with Gasteiger partial charge in [-0.1, -0.05) is 32.4 Å². The number of carbonyl (C=O) groups is 1. The van der Waals surface area contributed by atoms with Crippen molar-refractivity contribution in [2.24, 2.45) is 11.1 Å². The van der Waals surface area contributed by atoms with E-state index in [0.717, 1.165) is 4.47 Å².